The minimum Gasteiger partial charge on any atom is -0.260 e. The zero-order chi connectivity index (χ0) is 15.3. The number of nitrogens with zero attached hydrogens (tertiary/aromatic N) is 3. The van der Waals surface area contributed by atoms with E-state index in [0.29, 0.717) is 18.7 Å². The van der Waals surface area contributed by atoms with Crippen LogP contribution in [0.4, 0.5) is 0 Å². The topological polar surface area (TPSA) is 76.9 Å². The number of pyridine rings is 1. The van der Waals surface area contributed by atoms with E-state index in [9.17, 15) is 8.42 Å². The summed E-state index contributed by atoms with van der Waals surface area (Å²) in [5.74, 6) is 0. The van der Waals surface area contributed by atoms with Crippen molar-refractivity contribution in [3.05, 3.63) is 42.4 Å². The van der Waals surface area contributed by atoms with E-state index in [-0.39, 0.29) is 11.1 Å². The van der Waals surface area contributed by atoms with Crippen LogP contribution in [0.1, 0.15) is 38.4 Å². The van der Waals surface area contributed by atoms with Crippen molar-refractivity contribution in [3.8, 4) is 0 Å². The van der Waals surface area contributed by atoms with Crippen LogP contribution in [0, 0.1) is 0 Å². The van der Waals surface area contributed by atoms with Crippen LogP contribution >= 0.6 is 0 Å². The Hall–Kier alpha value is -1.73. The summed E-state index contributed by atoms with van der Waals surface area (Å²) in [5, 5.41) is 4.25. The zero-order valence-electron chi connectivity index (χ0n) is 12.2. The lowest BCUT2D eigenvalue weighted by molar-refractivity contribution is 0.508. The molecule has 0 saturated heterocycles. The number of nitrogens with one attached hydrogen (secondary N) is 1. The van der Waals surface area contributed by atoms with E-state index in [1.54, 1.807) is 12.3 Å². The minimum absolute atomic E-state index is 0.193. The van der Waals surface area contributed by atoms with Crippen LogP contribution in [0.5, 0.6) is 0 Å². The predicted octanol–water partition coefficient (Wildman–Crippen LogP) is 2.12. The normalized spacial score (nSPS) is 13.2. The number of sulfonamides is 1. The summed E-state index contributed by atoms with van der Waals surface area (Å²) in [6.45, 7) is 4.48. The molecule has 0 spiro atoms. The van der Waals surface area contributed by atoms with Crippen LogP contribution in [0.15, 0.2) is 41.7 Å². The monoisotopic (exact) mass is 308 g/mol. The first kappa shape index (κ1) is 15.7. The molecule has 2 aromatic heterocycles. The molecule has 0 unspecified atom stereocenters. The first-order valence-corrected chi connectivity index (χ1v) is 8.52. The maximum Gasteiger partial charge on any atom is 0.258 e. The molecule has 21 heavy (non-hydrogen) atoms. The van der Waals surface area contributed by atoms with Gasteiger partial charge >= 0.3 is 0 Å². The number of aryl methyl sites for hydroxylation is 1. The molecule has 0 aromatic carbocycles. The molecule has 0 radical (unpaired) electrons. The smallest absolute Gasteiger partial charge is 0.258 e. The quantitative estimate of drug-likeness (QED) is 0.850. The average molecular weight is 308 g/mol. The molecule has 0 aliphatic heterocycles. The van der Waals surface area contributed by atoms with Crippen molar-refractivity contribution in [2.24, 2.45) is 0 Å². The van der Waals surface area contributed by atoms with Crippen LogP contribution in [0.25, 0.3) is 0 Å². The van der Waals surface area contributed by atoms with Gasteiger partial charge in [-0.25, -0.2) is 13.1 Å². The second-order valence-electron chi connectivity index (χ2n) is 4.73. The summed E-state index contributed by atoms with van der Waals surface area (Å²) < 4.78 is 29.3. The molecule has 2 heterocycles. The lowest BCUT2D eigenvalue weighted by Gasteiger charge is -2.17. The van der Waals surface area contributed by atoms with E-state index in [4.69, 9.17) is 0 Å². The molecule has 1 N–H and O–H groups in total. The maximum atomic E-state index is 12.5. The molecule has 1 atom stereocenters. The summed E-state index contributed by atoms with van der Waals surface area (Å²) in [6.07, 6.45) is 4.61. The Morgan fingerprint density at radius 1 is 1.24 bits per heavy atom. The Balaban J connectivity index is 2.25. The van der Waals surface area contributed by atoms with Gasteiger partial charge in [-0.05, 0) is 31.0 Å². The highest BCUT2D eigenvalue weighted by Gasteiger charge is 2.24. The second-order valence-corrected chi connectivity index (χ2v) is 6.39. The van der Waals surface area contributed by atoms with Gasteiger partial charge in [-0.15, -0.1) is 0 Å². The number of hydrogen-bond donors (Lipinski definition) is 1. The third-order valence-corrected chi connectivity index (χ3v) is 4.63. The van der Waals surface area contributed by atoms with Crippen LogP contribution in [-0.4, -0.2) is 23.2 Å². The molecular weight excluding hydrogens is 288 g/mol. The summed E-state index contributed by atoms with van der Waals surface area (Å²) >= 11 is 0. The first-order chi connectivity index (χ1) is 10.1. The standard InChI is InChI=1S/C14H20N4O2S/c1-3-11-18-14(8-10-16-18)21(19,20)17-12(4-2)13-7-5-6-9-15-13/h5-10,12,17H,3-4,11H2,1-2H3/t12-/m1/s1. The summed E-state index contributed by atoms with van der Waals surface area (Å²) in [4.78, 5) is 4.22. The lowest BCUT2D eigenvalue weighted by atomic mass is 10.1. The molecule has 0 aliphatic rings. The Bertz CT molecular complexity index is 667. The summed E-state index contributed by atoms with van der Waals surface area (Å²) in [5.41, 5.74) is 0.713. The highest BCUT2D eigenvalue weighted by molar-refractivity contribution is 7.89. The van der Waals surface area contributed by atoms with Crippen molar-refractivity contribution < 1.29 is 8.42 Å². The fourth-order valence-electron chi connectivity index (χ4n) is 2.11. The number of aromatic nitrogens is 3. The maximum absolute atomic E-state index is 12.5. The summed E-state index contributed by atoms with van der Waals surface area (Å²) in [7, 11) is -3.62. The van der Waals surface area contributed by atoms with Gasteiger partial charge in [-0.3, -0.25) is 9.67 Å². The van der Waals surface area contributed by atoms with Gasteiger partial charge in [0.15, 0.2) is 5.03 Å². The Labute approximate surface area is 125 Å². The Kier molecular flexibility index (Phi) is 5.08. The van der Waals surface area contributed by atoms with Gasteiger partial charge in [0.2, 0.25) is 0 Å². The fraction of sp³-hybridized carbons (Fsp3) is 0.429. The molecule has 6 nitrogen and oxygen atoms in total. The molecule has 0 saturated carbocycles. The Morgan fingerprint density at radius 3 is 2.67 bits per heavy atom. The highest BCUT2D eigenvalue weighted by atomic mass is 32.2. The SMILES string of the molecule is CCCn1nccc1S(=O)(=O)N[C@H](CC)c1ccccn1. The van der Waals surface area contributed by atoms with E-state index < -0.39 is 10.0 Å². The molecule has 7 heteroatoms. The fourth-order valence-corrected chi connectivity index (χ4v) is 3.55. The van der Waals surface area contributed by atoms with E-state index in [2.05, 4.69) is 14.8 Å². The van der Waals surface area contributed by atoms with E-state index in [1.807, 2.05) is 26.0 Å². The molecule has 0 fully saturated rings. The van der Waals surface area contributed by atoms with Gasteiger partial charge in [0.05, 0.1) is 17.9 Å². The Morgan fingerprint density at radius 2 is 2.05 bits per heavy atom. The summed E-state index contributed by atoms with van der Waals surface area (Å²) in [6, 6.07) is 6.64. The van der Waals surface area contributed by atoms with Crippen molar-refractivity contribution in [1.82, 2.24) is 19.5 Å². The molecule has 0 bridgehead atoms. The van der Waals surface area contributed by atoms with E-state index >= 15 is 0 Å². The zero-order valence-corrected chi connectivity index (χ0v) is 13.0. The van der Waals surface area contributed by atoms with Crippen molar-refractivity contribution in [3.63, 3.8) is 0 Å². The number of rotatable bonds is 7. The molecule has 0 aliphatic carbocycles. The van der Waals surface area contributed by atoms with E-state index in [1.165, 1.54) is 16.9 Å². The van der Waals surface area contributed by atoms with Crippen molar-refractivity contribution in [2.45, 2.75) is 44.3 Å². The van der Waals surface area contributed by atoms with Gasteiger partial charge < -0.3 is 0 Å². The third kappa shape index (κ3) is 3.68. The lowest BCUT2D eigenvalue weighted by Crippen LogP contribution is -2.30. The minimum atomic E-state index is -3.62. The van der Waals surface area contributed by atoms with Crippen molar-refractivity contribution in [1.29, 1.82) is 0 Å². The molecule has 114 valence electrons. The van der Waals surface area contributed by atoms with Crippen LogP contribution in [0.3, 0.4) is 0 Å². The first-order valence-electron chi connectivity index (χ1n) is 7.03. The van der Waals surface area contributed by atoms with Gasteiger partial charge in [-0.1, -0.05) is 19.9 Å². The van der Waals surface area contributed by atoms with Crippen LogP contribution in [0.2, 0.25) is 0 Å². The number of hydrogen-bond acceptors (Lipinski definition) is 4. The van der Waals surface area contributed by atoms with Crippen molar-refractivity contribution >= 4 is 10.0 Å². The third-order valence-electron chi connectivity index (χ3n) is 3.14. The molecule has 2 rings (SSSR count). The van der Waals surface area contributed by atoms with E-state index in [0.717, 1.165) is 6.42 Å². The van der Waals surface area contributed by atoms with Gasteiger partial charge in [0, 0.05) is 12.7 Å². The van der Waals surface area contributed by atoms with Crippen molar-refractivity contribution in [2.75, 3.05) is 0 Å². The van der Waals surface area contributed by atoms with Gasteiger partial charge in [0.25, 0.3) is 10.0 Å². The molecule has 0 amide bonds. The highest BCUT2D eigenvalue weighted by Crippen LogP contribution is 2.18. The van der Waals surface area contributed by atoms with Gasteiger partial charge in [0.1, 0.15) is 0 Å². The second kappa shape index (κ2) is 6.82. The molecular formula is C14H20N4O2S. The van der Waals surface area contributed by atoms with Crippen LogP contribution in [-0.2, 0) is 16.6 Å². The predicted molar refractivity (Wildman–Crippen MR) is 80.1 cm³/mol. The van der Waals surface area contributed by atoms with Gasteiger partial charge in [-0.2, -0.15) is 5.10 Å². The molecule has 2 aromatic rings. The van der Waals surface area contributed by atoms with Crippen LogP contribution < -0.4 is 4.72 Å². The average Bonchev–Trinajstić information content (AvgIpc) is 2.95. The largest absolute Gasteiger partial charge is 0.260 e.